The summed E-state index contributed by atoms with van der Waals surface area (Å²) >= 11 is 1.61. The molecule has 0 aliphatic heterocycles. The van der Waals surface area contributed by atoms with E-state index in [1.165, 1.54) is 19.3 Å². The first-order valence-corrected chi connectivity index (χ1v) is 6.78. The summed E-state index contributed by atoms with van der Waals surface area (Å²) in [5, 5.41) is 2.97. The first-order chi connectivity index (χ1) is 7.77. The minimum absolute atomic E-state index is 0.263. The Morgan fingerprint density at radius 3 is 2.88 bits per heavy atom. The van der Waals surface area contributed by atoms with Gasteiger partial charge in [-0.25, -0.2) is 4.98 Å². The molecule has 2 rings (SSSR count). The number of amides is 1. The third-order valence-corrected chi connectivity index (χ3v) is 3.95. The molecule has 3 nitrogen and oxygen atoms in total. The average molecular weight is 238 g/mol. The molecule has 88 valence electrons. The van der Waals surface area contributed by atoms with Gasteiger partial charge in [-0.3, -0.25) is 4.79 Å². The number of hydrogen-bond donors (Lipinski definition) is 0. The Morgan fingerprint density at radius 1 is 1.50 bits per heavy atom. The quantitative estimate of drug-likeness (QED) is 0.811. The fraction of sp³-hybridized carbons (Fsp3) is 0.667. The van der Waals surface area contributed by atoms with Crippen LogP contribution in [0.1, 0.15) is 37.1 Å². The van der Waals surface area contributed by atoms with Gasteiger partial charge in [0.15, 0.2) is 0 Å². The summed E-state index contributed by atoms with van der Waals surface area (Å²) in [6.45, 7) is 0.660. The molecule has 1 saturated carbocycles. The second-order valence-corrected chi connectivity index (χ2v) is 5.43. The van der Waals surface area contributed by atoms with Gasteiger partial charge in [0, 0.05) is 24.5 Å². The predicted octanol–water partition coefficient (Wildman–Crippen LogP) is 2.68. The Hall–Kier alpha value is -0.900. The van der Waals surface area contributed by atoms with Gasteiger partial charge in [0.05, 0.1) is 6.54 Å². The van der Waals surface area contributed by atoms with Gasteiger partial charge in [-0.15, -0.1) is 11.3 Å². The van der Waals surface area contributed by atoms with Crippen LogP contribution in [0.4, 0.5) is 0 Å². The van der Waals surface area contributed by atoms with E-state index in [4.69, 9.17) is 0 Å². The van der Waals surface area contributed by atoms with E-state index in [9.17, 15) is 4.79 Å². The summed E-state index contributed by atoms with van der Waals surface area (Å²) in [4.78, 5) is 18.2. The number of thiazole rings is 1. The van der Waals surface area contributed by atoms with Crippen molar-refractivity contribution in [1.82, 2.24) is 9.88 Å². The summed E-state index contributed by atoms with van der Waals surface area (Å²) in [6.07, 6.45) is 7.64. The molecule has 1 aliphatic rings. The van der Waals surface area contributed by atoms with Crippen LogP contribution in [0.25, 0.3) is 0 Å². The van der Waals surface area contributed by atoms with Crippen molar-refractivity contribution in [3.8, 4) is 0 Å². The second-order valence-electron chi connectivity index (χ2n) is 4.46. The molecule has 0 saturated heterocycles. The van der Waals surface area contributed by atoms with Crippen LogP contribution in [0.5, 0.6) is 0 Å². The third-order valence-electron chi connectivity index (χ3n) is 3.19. The zero-order valence-corrected chi connectivity index (χ0v) is 10.5. The van der Waals surface area contributed by atoms with Gasteiger partial charge in [-0.2, -0.15) is 0 Å². The molecule has 0 radical (unpaired) electrons. The molecule has 1 aromatic heterocycles. The normalized spacial score (nSPS) is 17.3. The monoisotopic (exact) mass is 238 g/mol. The van der Waals surface area contributed by atoms with E-state index in [2.05, 4.69) is 4.98 Å². The van der Waals surface area contributed by atoms with Crippen molar-refractivity contribution in [3.63, 3.8) is 0 Å². The van der Waals surface area contributed by atoms with Crippen molar-refractivity contribution >= 4 is 17.2 Å². The summed E-state index contributed by atoms with van der Waals surface area (Å²) in [5.41, 5.74) is 0. The fourth-order valence-corrected chi connectivity index (χ4v) is 2.94. The van der Waals surface area contributed by atoms with Crippen LogP contribution in [0.3, 0.4) is 0 Å². The Bertz CT molecular complexity index is 331. The standard InChI is InChI=1S/C12H18N2OS/c1-14(9-11-13-7-8-16-11)12(15)10-5-3-2-4-6-10/h7-8,10H,2-6,9H2,1H3. The summed E-state index contributed by atoms with van der Waals surface area (Å²) in [5.74, 6) is 0.564. The van der Waals surface area contributed by atoms with Crippen LogP contribution in [0, 0.1) is 5.92 Å². The highest BCUT2D eigenvalue weighted by Gasteiger charge is 2.24. The number of carbonyl (C=O) groups is 1. The maximum atomic E-state index is 12.1. The van der Waals surface area contributed by atoms with Gasteiger partial charge in [0.2, 0.25) is 5.91 Å². The lowest BCUT2D eigenvalue weighted by Gasteiger charge is -2.25. The lowest BCUT2D eigenvalue weighted by atomic mass is 9.88. The van der Waals surface area contributed by atoms with E-state index < -0.39 is 0 Å². The predicted molar refractivity (Wildman–Crippen MR) is 65.2 cm³/mol. The maximum Gasteiger partial charge on any atom is 0.225 e. The zero-order chi connectivity index (χ0) is 11.4. The van der Waals surface area contributed by atoms with Crippen LogP contribution >= 0.6 is 11.3 Å². The van der Waals surface area contributed by atoms with Gasteiger partial charge in [-0.1, -0.05) is 19.3 Å². The molecular formula is C12H18N2OS. The van der Waals surface area contributed by atoms with E-state index in [1.807, 2.05) is 17.3 Å². The SMILES string of the molecule is CN(Cc1nccs1)C(=O)C1CCCCC1. The lowest BCUT2D eigenvalue weighted by Crippen LogP contribution is -2.33. The highest BCUT2D eigenvalue weighted by molar-refractivity contribution is 7.09. The molecule has 0 unspecified atom stereocenters. The van der Waals surface area contributed by atoms with Gasteiger partial charge < -0.3 is 4.90 Å². The molecule has 0 atom stereocenters. The topological polar surface area (TPSA) is 33.2 Å². The zero-order valence-electron chi connectivity index (χ0n) is 9.69. The van der Waals surface area contributed by atoms with Crippen molar-refractivity contribution in [2.75, 3.05) is 7.05 Å². The Morgan fingerprint density at radius 2 is 2.25 bits per heavy atom. The van der Waals surface area contributed by atoms with Gasteiger partial charge in [0.25, 0.3) is 0 Å². The first-order valence-electron chi connectivity index (χ1n) is 5.90. The molecule has 16 heavy (non-hydrogen) atoms. The molecule has 1 amide bonds. The smallest absolute Gasteiger partial charge is 0.225 e. The fourth-order valence-electron chi connectivity index (χ4n) is 2.27. The highest BCUT2D eigenvalue weighted by Crippen LogP contribution is 2.25. The minimum Gasteiger partial charge on any atom is -0.339 e. The summed E-state index contributed by atoms with van der Waals surface area (Å²) in [7, 11) is 1.89. The van der Waals surface area contributed by atoms with E-state index in [0.717, 1.165) is 17.8 Å². The van der Waals surface area contributed by atoms with Gasteiger partial charge in [-0.05, 0) is 12.8 Å². The molecule has 1 heterocycles. The van der Waals surface area contributed by atoms with Crippen LogP contribution < -0.4 is 0 Å². The highest BCUT2D eigenvalue weighted by atomic mass is 32.1. The Labute approximate surface area is 100 Å². The molecular weight excluding hydrogens is 220 g/mol. The van der Waals surface area contributed by atoms with Crippen molar-refractivity contribution in [3.05, 3.63) is 16.6 Å². The van der Waals surface area contributed by atoms with E-state index >= 15 is 0 Å². The number of nitrogens with zero attached hydrogens (tertiary/aromatic N) is 2. The number of rotatable bonds is 3. The molecule has 1 fully saturated rings. The van der Waals surface area contributed by atoms with Crippen molar-refractivity contribution in [2.24, 2.45) is 5.92 Å². The lowest BCUT2D eigenvalue weighted by molar-refractivity contribution is -0.135. The second kappa shape index (κ2) is 5.43. The molecule has 0 aromatic carbocycles. The van der Waals surface area contributed by atoms with Crippen molar-refractivity contribution in [2.45, 2.75) is 38.6 Å². The summed E-state index contributed by atoms with van der Waals surface area (Å²) in [6, 6.07) is 0. The molecule has 4 heteroatoms. The first kappa shape index (κ1) is 11.6. The number of aromatic nitrogens is 1. The largest absolute Gasteiger partial charge is 0.339 e. The maximum absolute atomic E-state index is 12.1. The molecule has 0 bridgehead atoms. The molecule has 0 spiro atoms. The van der Waals surface area contributed by atoms with Crippen molar-refractivity contribution < 1.29 is 4.79 Å². The molecule has 1 aliphatic carbocycles. The molecule has 0 N–H and O–H groups in total. The van der Waals surface area contributed by atoms with Crippen LogP contribution in [0.2, 0.25) is 0 Å². The van der Waals surface area contributed by atoms with E-state index in [0.29, 0.717) is 12.5 Å². The summed E-state index contributed by atoms with van der Waals surface area (Å²) < 4.78 is 0. The minimum atomic E-state index is 0.263. The van der Waals surface area contributed by atoms with Crippen LogP contribution in [-0.4, -0.2) is 22.8 Å². The van der Waals surface area contributed by atoms with E-state index in [1.54, 1.807) is 17.5 Å². The van der Waals surface area contributed by atoms with Gasteiger partial charge >= 0.3 is 0 Å². The average Bonchev–Trinajstić information content (AvgIpc) is 2.82. The van der Waals surface area contributed by atoms with E-state index in [-0.39, 0.29) is 5.92 Å². The Balaban J connectivity index is 1.88. The molecule has 1 aromatic rings. The van der Waals surface area contributed by atoms with Crippen LogP contribution in [0.15, 0.2) is 11.6 Å². The Kier molecular flexibility index (Phi) is 3.93. The van der Waals surface area contributed by atoms with Gasteiger partial charge in [0.1, 0.15) is 5.01 Å². The van der Waals surface area contributed by atoms with Crippen LogP contribution in [-0.2, 0) is 11.3 Å². The number of hydrogen-bond acceptors (Lipinski definition) is 3. The third kappa shape index (κ3) is 2.82. The number of carbonyl (C=O) groups excluding carboxylic acids is 1. The van der Waals surface area contributed by atoms with Crippen molar-refractivity contribution in [1.29, 1.82) is 0 Å².